The van der Waals surface area contributed by atoms with Gasteiger partial charge in [0.15, 0.2) is 6.10 Å². The standard InChI is InChI=1S/C19H16N2O4/c20-19-17(23)16(22)18(25-19)14-9-21-15-7-6-12(8-13(14)15)24-10-11-4-2-1-3-5-11/h1-9,18,21,23H,10,20H2/t18-/m1/s1. The molecule has 1 atom stereocenters. The Morgan fingerprint density at radius 2 is 2.00 bits per heavy atom. The summed E-state index contributed by atoms with van der Waals surface area (Å²) in [5.41, 5.74) is 8.01. The zero-order valence-corrected chi connectivity index (χ0v) is 13.2. The number of benzene rings is 2. The highest BCUT2D eigenvalue weighted by molar-refractivity contribution is 6.02. The molecule has 0 radical (unpaired) electrons. The molecule has 6 heteroatoms. The molecule has 4 N–H and O–H groups in total. The summed E-state index contributed by atoms with van der Waals surface area (Å²) in [6.07, 6.45) is 0.734. The van der Waals surface area contributed by atoms with Crippen LogP contribution in [-0.2, 0) is 16.1 Å². The zero-order chi connectivity index (χ0) is 17.4. The molecule has 2 heterocycles. The van der Waals surface area contributed by atoms with Crippen LogP contribution in [0.4, 0.5) is 0 Å². The van der Waals surface area contributed by atoms with Gasteiger partial charge in [0.25, 0.3) is 0 Å². The van der Waals surface area contributed by atoms with Crippen molar-refractivity contribution in [1.29, 1.82) is 0 Å². The number of aromatic nitrogens is 1. The highest BCUT2D eigenvalue weighted by atomic mass is 16.5. The van der Waals surface area contributed by atoms with Gasteiger partial charge in [0, 0.05) is 22.7 Å². The van der Waals surface area contributed by atoms with Crippen LogP contribution in [0.5, 0.6) is 5.75 Å². The summed E-state index contributed by atoms with van der Waals surface area (Å²) in [7, 11) is 0. The zero-order valence-electron chi connectivity index (χ0n) is 13.2. The van der Waals surface area contributed by atoms with E-state index in [0.717, 1.165) is 16.5 Å². The van der Waals surface area contributed by atoms with Crippen molar-refractivity contribution in [1.82, 2.24) is 4.98 Å². The van der Waals surface area contributed by atoms with Crippen molar-refractivity contribution in [3.8, 4) is 5.75 Å². The lowest BCUT2D eigenvalue weighted by Crippen LogP contribution is -2.09. The van der Waals surface area contributed by atoms with E-state index in [4.69, 9.17) is 15.2 Å². The molecule has 0 fully saturated rings. The van der Waals surface area contributed by atoms with E-state index in [1.807, 2.05) is 48.5 Å². The Kier molecular flexibility index (Phi) is 3.57. The van der Waals surface area contributed by atoms with Crippen molar-refractivity contribution in [2.75, 3.05) is 0 Å². The summed E-state index contributed by atoms with van der Waals surface area (Å²) in [6, 6.07) is 15.4. The molecule has 126 valence electrons. The van der Waals surface area contributed by atoms with Crippen molar-refractivity contribution in [2.24, 2.45) is 5.73 Å². The van der Waals surface area contributed by atoms with Crippen LogP contribution in [0.1, 0.15) is 17.2 Å². The molecule has 6 nitrogen and oxygen atoms in total. The minimum Gasteiger partial charge on any atom is -0.501 e. The molecule has 25 heavy (non-hydrogen) atoms. The average molecular weight is 336 g/mol. The molecular formula is C19H16N2O4. The maximum atomic E-state index is 12.1. The predicted molar refractivity (Wildman–Crippen MR) is 91.7 cm³/mol. The molecule has 1 aliphatic rings. The number of ketones is 1. The quantitative estimate of drug-likeness (QED) is 0.680. The van der Waals surface area contributed by atoms with Crippen molar-refractivity contribution in [2.45, 2.75) is 12.7 Å². The summed E-state index contributed by atoms with van der Waals surface area (Å²) in [6.45, 7) is 0.445. The first kappa shape index (κ1) is 15.1. The number of carbonyl (C=O) groups excluding carboxylic acids is 1. The summed E-state index contributed by atoms with van der Waals surface area (Å²) in [5.74, 6) is -0.654. The summed E-state index contributed by atoms with van der Waals surface area (Å²) in [5, 5.41) is 10.4. The number of carbonyl (C=O) groups is 1. The predicted octanol–water partition coefficient (Wildman–Crippen LogP) is 3.07. The van der Waals surface area contributed by atoms with E-state index in [-0.39, 0.29) is 5.88 Å². The van der Waals surface area contributed by atoms with Gasteiger partial charge in [-0.15, -0.1) is 0 Å². The van der Waals surface area contributed by atoms with Crippen LogP contribution in [0.15, 0.2) is 66.4 Å². The molecule has 4 rings (SSSR count). The lowest BCUT2D eigenvalue weighted by atomic mass is 10.0. The fourth-order valence-corrected chi connectivity index (χ4v) is 2.86. The van der Waals surface area contributed by atoms with Gasteiger partial charge in [0.05, 0.1) is 0 Å². The van der Waals surface area contributed by atoms with E-state index in [0.29, 0.717) is 17.9 Å². The van der Waals surface area contributed by atoms with E-state index in [1.54, 1.807) is 6.20 Å². The Balaban J connectivity index is 1.61. The molecule has 3 aromatic rings. The van der Waals surface area contributed by atoms with Gasteiger partial charge in [0.1, 0.15) is 12.4 Å². The number of aliphatic hydroxyl groups excluding tert-OH is 1. The van der Waals surface area contributed by atoms with Crippen LogP contribution in [0.25, 0.3) is 10.9 Å². The second-order valence-corrected chi connectivity index (χ2v) is 5.80. The van der Waals surface area contributed by atoms with Crippen LogP contribution < -0.4 is 10.5 Å². The number of aliphatic hydroxyl groups is 1. The number of fused-ring (bicyclic) bond motifs is 1. The van der Waals surface area contributed by atoms with Crippen molar-refractivity contribution >= 4 is 16.7 Å². The number of rotatable bonds is 4. The molecule has 0 spiro atoms. The number of nitrogens with two attached hydrogens (primary N) is 1. The maximum absolute atomic E-state index is 12.1. The Morgan fingerprint density at radius 1 is 1.20 bits per heavy atom. The molecular weight excluding hydrogens is 320 g/mol. The molecule has 0 bridgehead atoms. The van der Waals surface area contributed by atoms with Crippen LogP contribution in [0.3, 0.4) is 0 Å². The monoisotopic (exact) mass is 336 g/mol. The molecule has 0 saturated heterocycles. The minimum absolute atomic E-state index is 0.249. The third-order valence-corrected chi connectivity index (χ3v) is 4.17. The number of aromatic amines is 1. The second-order valence-electron chi connectivity index (χ2n) is 5.80. The Bertz CT molecular complexity index is 976. The van der Waals surface area contributed by atoms with Crippen LogP contribution >= 0.6 is 0 Å². The summed E-state index contributed by atoms with van der Waals surface area (Å²) >= 11 is 0. The maximum Gasteiger partial charge on any atom is 0.247 e. The number of nitrogens with one attached hydrogen (secondary N) is 1. The summed E-state index contributed by atoms with van der Waals surface area (Å²) < 4.78 is 11.1. The molecule has 2 aromatic carbocycles. The lowest BCUT2D eigenvalue weighted by molar-refractivity contribution is -0.123. The minimum atomic E-state index is -0.946. The first-order valence-electron chi connectivity index (χ1n) is 7.81. The molecule has 0 saturated carbocycles. The van der Waals surface area contributed by atoms with Gasteiger partial charge in [-0.2, -0.15) is 0 Å². The Hall–Kier alpha value is -3.41. The second kappa shape index (κ2) is 5.90. The molecule has 0 aliphatic carbocycles. The van der Waals surface area contributed by atoms with Crippen molar-refractivity contribution in [3.63, 3.8) is 0 Å². The lowest BCUT2D eigenvalue weighted by Gasteiger charge is -2.10. The third kappa shape index (κ3) is 2.67. The van der Waals surface area contributed by atoms with E-state index in [9.17, 15) is 9.90 Å². The smallest absolute Gasteiger partial charge is 0.247 e. The van der Waals surface area contributed by atoms with E-state index in [1.165, 1.54) is 0 Å². The fourth-order valence-electron chi connectivity index (χ4n) is 2.86. The third-order valence-electron chi connectivity index (χ3n) is 4.17. The van der Waals surface area contributed by atoms with Gasteiger partial charge >= 0.3 is 0 Å². The first-order valence-corrected chi connectivity index (χ1v) is 7.81. The molecule has 0 unspecified atom stereocenters. The van der Waals surface area contributed by atoms with Crippen LogP contribution in [0.2, 0.25) is 0 Å². The van der Waals surface area contributed by atoms with Crippen molar-refractivity contribution < 1.29 is 19.4 Å². The number of ether oxygens (including phenoxy) is 2. The normalized spacial score (nSPS) is 17.1. The van der Waals surface area contributed by atoms with E-state index in [2.05, 4.69) is 4.98 Å². The van der Waals surface area contributed by atoms with Crippen LogP contribution in [0, 0.1) is 0 Å². The van der Waals surface area contributed by atoms with Gasteiger partial charge in [-0.3, -0.25) is 4.79 Å². The SMILES string of the molecule is NC1=C(O)C(=O)[C@@H](c2c[nH]c3ccc(OCc4ccccc4)cc23)O1. The van der Waals surface area contributed by atoms with E-state index < -0.39 is 17.6 Å². The van der Waals surface area contributed by atoms with Gasteiger partial charge in [-0.1, -0.05) is 30.3 Å². The number of hydrogen-bond donors (Lipinski definition) is 3. The number of hydrogen-bond acceptors (Lipinski definition) is 5. The molecule has 0 amide bonds. The first-order chi connectivity index (χ1) is 12.1. The van der Waals surface area contributed by atoms with Crippen molar-refractivity contribution in [3.05, 3.63) is 77.5 Å². The highest BCUT2D eigenvalue weighted by Crippen LogP contribution is 2.35. The van der Waals surface area contributed by atoms with Gasteiger partial charge in [0.2, 0.25) is 17.4 Å². The Morgan fingerprint density at radius 3 is 2.72 bits per heavy atom. The van der Waals surface area contributed by atoms with Gasteiger partial charge in [-0.25, -0.2) is 0 Å². The number of H-pyrrole nitrogens is 1. The average Bonchev–Trinajstić information content (AvgIpc) is 3.16. The molecule has 1 aliphatic heterocycles. The fraction of sp³-hybridized carbons (Fsp3) is 0.105. The highest BCUT2D eigenvalue weighted by Gasteiger charge is 2.36. The summed E-state index contributed by atoms with van der Waals surface area (Å²) in [4.78, 5) is 15.2. The number of Topliss-reactive ketones (excluding diaryl/α,β-unsaturated/α-hetero) is 1. The largest absolute Gasteiger partial charge is 0.501 e. The van der Waals surface area contributed by atoms with Crippen LogP contribution in [-0.4, -0.2) is 15.9 Å². The Labute approximate surface area is 143 Å². The van der Waals surface area contributed by atoms with E-state index >= 15 is 0 Å². The van der Waals surface area contributed by atoms with Gasteiger partial charge in [-0.05, 0) is 23.8 Å². The van der Waals surface area contributed by atoms with Gasteiger partial charge < -0.3 is 25.3 Å². The topological polar surface area (TPSA) is 97.6 Å². The molecule has 1 aromatic heterocycles.